The standard InChI is InChI=1S/C19H17ClF4N2O/c1-2-12-6-8-14(9-7-12)18(21)11-16(19(22,23)24)25-26(18)17(27)13-4-3-5-15(20)10-13/h3-10,16,25H,2,11H2,1H3. The SMILES string of the molecule is CCc1ccc(C2(F)CC(C(F)(F)F)NN2C(=O)c2cccc(Cl)c2)cc1. The van der Waals surface area contributed by atoms with Gasteiger partial charge in [-0.15, -0.1) is 0 Å². The lowest BCUT2D eigenvalue weighted by atomic mass is 9.96. The number of nitrogens with one attached hydrogen (secondary N) is 1. The number of halogens is 5. The van der Waals surface area contributed by atoms with Gasteiger partial charge < -0.3 is 0 Å². The number of benzene rings is 2. The molecule has 0 aliphatic carbocycles. The fourth-order valence-corrected chi connectivity index (χ4v) is 3.26. The van der Waals surface area contributed by atoms with Gasteiger partial charge in [-0.3, -0.25) is 4.79 Å². The Hall–Kier alpha value is -2.12. The first kappa shape index (κ1) is 19.6. The number of hydrogen-bond acceptors (Lipinski definition) is 2. The zero-order chi connectivity index (χ0) is 19.8. The first-order valence-corrected chi connectivity index (χ1v) is 8.74. The van der Waals surface area contributed by atoms with E-state index < -0.39 is 30.3 Å². The first-order valence-electron chi connectivity index (χ1n) is 8.36. The summed E-state index contributed by atoms with van der Waals surface area (Å²) in [6.45, 7) is 1.91. The van der Waals surface area contributed by atoms with Crippen molar-refractivity contribution < 1.29 is 22.4 Å². The predicted molar refractivity (Wildman–Crippen MR) is 93.8 cm³/mol. The van der Waals surface area contributed by atoms with Crippen LogP contribution < -0.4 is 5.43 Å². The highest BCUT2D eigenvalue weighted by Crippen LogP contribution is 2.43. The molecular formula is C19H17ClF4N2O. The molecule has 144 valence electrons. The number of hydrogen-bond donors (Lipinski definition) is 1. The van der Waals surface area contributed by atoms with Gasteiger partial charge in [0.05, 0.1) is 0 Å². The normalized spacial score (nSPS) is 22.9. The van der Waals surface area contributed by atoms with E-state index >= 15 is 4.39 Å². The Labute approximate surface area is 158 Å². The molecule has 1 aliphatic rings. The van der Waals surface area contributed by atoms with E-state index in [0.29, 0.717) is 11.4 Å². The van der Waals surface area contributed by atoms with Crippen molar-refractivity contribution in [2.75, 3.05) is 0 Å². The Kier molecular flexibility index (Phi) is 5.18. The predicted octanol–water partition coefficient (Wildman–Crippen LogP) is 5.01. The zero-order valence-corrected chi connectivity index (χ0v) is 15.1. The molecule has 3 rings (SSSR count). The molecule has 2 atom stereocenters. The summed E-state index contributed by atoms with van der Waals surface area (Å²) >= 11 is 5.85. The van der Waals surface area contributed by atoms with Crippen LogP contribution in [-0.2, 0) is 12.2 Å². The second kappa shape index (κ2) is 7.13. The van der Waals surface area contributed by atoms with Crippen molar-refractivity contribution in [1.29, 1.82) is 0 Å². The average molecular weight is 401 g/mol. The molecule has 0 bridgehead atoms. The molecule has 8 heteroatoms. The highest BCUT2D eigenvalue weighted by Gasteiger charge is 2.58. The molecule has 0 spiro atoms. The van der Waals surface area contributed by atoms with Crippen molar-refractivity contribution in [2.24, 2.45) is 0 Å². The Bertz CT molecular complexity index is 840. The van der Waals surface area contributed by atoms with Crippen LogP contribution in [0.15, 0.2) is 48.5 Å². The van der Waals surface area contributed by atoms with Gasteiger partial charge in [-0.25, -0.2) is 14.8 Å². The summed E-state index contributed by atoms with van der Waals surface area (Å²) < 4.78 is 55.6. The third kappa shape index (κ3) is 3.80. The lowest BCUT2D eigenvalue weighted by molar-refractivity contribution is -0.155. The number of hydrazine groups is 1. The maximum absolute atomic E-state index is 15.9. The van der Waals surface area contributed by atoms with Gasteiger partial charge in [0.15, 0.2) is 0 Å². The Morgan fingerprint density at radius 1 is 1.26 bits per heavy atom. The molecule has 1 aliphatic heterocycles. The summed E-state index contributed by atoms with van der Waals surface area (Å²) in [5, 5.41) is 0.654. The summed E-state index contributed by atoms with van der Waals surface area (Å²) in [6.07, 6.45) is -4.94. The molecule has 1 N–H and O–H groups in total. The number of carbonyl (C=O) groups is 1. The number of aryl methyl sites for hydroxylation is 1. The van der Waals surface area contributed by atoms with Gasteiger partial charge in [-0.1, -0.05) is 48.9 Å². The fraction of sp³-hybridized carbons (Fsp3) is 0.316. The highest BCUT2D eigenvalue weighted by atomic mass is 35.5. The van der Waals surface area contributed by atoms with Gasteiger partial charge >= 0.3 is 6.18 Å². The largest absolute Gasteiger partial charge is 0.405 e. The topological polar surface area (TPSA) is 32.3 Å². The summed E-state index contributed by atoms with van der Waals surface area (Å²) in [4.78, 5) is 12.8. The summed E-state index contributed by atoms with van der Waals surface area (Å²) in [6, 6.07) is 9.57. The Morgan fingerprint density at radius 2 is 1.93 bits per heavy atom. The zero-order valence-electron chi connectivity index (χ0n) is 14.4. The maximum atomic E-state index is 15.9. The molecule has 1 saturated heterocycles. The smallest absolute Gasteiger partial charge is 0.267 e. The second-order valence-electron chi connectivity index (χ2n) is 6.39. The van der Waals surface area contributed by atoms with E-state index in [9.17, 15) is 18.0 Å². The highest BCUT2D eigenvalue weighted by molar-refractivity contribution is 6.30. The van der Waals surface area contributed by atoms with Crippen LogP contribution >= 0.6 is 11.6 Å². The minimum absolute atomic E-state index is 0.00923. The third-order valence-electron chi connectivity index (χ3n) is 4.59. The van der Waals surface area contributed by atoms with Crippen LogP contribution in [-0.4, -0.2) is 23.1 Å². The second-order valence-corrected chi connectivity index (χ2v) is 6.82. The minimum Gasteiger partial charge on any atom is -0.267 e. The van der Waals surface area contributed by atoms with Crippen LogP contribution in [0.3, 0.4) is 0 Å². The molecule has 1 fully saturated rings. The van der Waals surface area contributed by atoms with Crippen LogP contribution in [0.1, 0.15) is 34.8 Å². The molecule has 2 aromatic carbocycles. The van der Waals surface area contributed by atoms with Crippen LogP contribution in [0.25, 0.3) is 0 Å². The molecule has 1 heterocycles. The molecule has 2 unspecified atom stereocenters. The molecule has 0 radical (unpaired) electrons. The van der Waals surface area contributed by atoms with Crippen molar-refractivity contribution in [3.8, 4) is 0 Å². The lowest BCUT2D eigenvalue weighted by Gasteiger charge is -2.31. The van der Waals surface area contributed by atoms with E-state index in [-0.39, 0.29) is 16.1 Å². The maximum Gasteiger partial charge on any atom is 0.405 e. The summed E-state index contributed by atoms with van der Waals surface area (Å²) in [7, 11) is 0. The van der Waals surface area contributed by atoms with Crippen molar-refractivity contribution >= 4 is 17.5 Å². The van der Waals surface area contributed by atoms with Crippen LogP contribution in [0.2, 0.25) is 5.02 Å². The van der Waals surface area contributed by atoms with E-state index in [4.69, 9.17) is 11.6 Å². The Balaban J connectivity index is 2.02. The minimum atomic E-state index is -4.70. The monoisotopic (exact) mass is 400 g/mol. The van der Waals surface area contributed by atoms with Crippen molar-refractivity contribution in [1.82, 2.24) is 10.4 Å². The van der Waals surface area contributed by atoms with Crippen molar-refractivity contribution in [3.63, 3.8) is 0 Å². The van der Waals surface area contributed by atoms with Crippen molar-refractivity contribution in [3.05, 3.63) is 70.2 Å². The Morgan fingerprint density at radius 3 is 2.48 bits per heavy atom. The van der Waals surface area contributed by atoms with Gasteiger partial charge in [-0.2, -0.15) is 13.2 Å². The number of alkyl halides is 4. The lowest BCUT2D eigenvalue weighted by Crippen LogP contribution is -2.50. The number of amides is 1. The molecule has 0 saturated carbocycles. The third-order valence-corrected chi connectivity index (χ3v) is 4.82. The summed E-state index contributed by atoms with van der Waals surface area (Å²) in [5.74, 6) is -3.57. The fourth-order valence-electron chi connectivity index (χ4n) is 3.07. The van der Waals surface area contributed by atoms with Gasteiger partial charge in [0.1, 0.15) is 6.04 Å². The van der Waals surface area contributed by atoms with E-state index in [1.807, 2.05) is 12.3 Å². The first-order chi connectivity index (χ1) is 12.6. The van der Waals surface area contributed by atoms with Crippen LogP contribution in [0.4, 0.5) is 17.6 Å². The van der Waals surface area contributed by atoms with Gasteiger partial charge in [0.25, 0.3) is 5.91 Å². The van der Waals surface area contributed by atoms with E-state index in [0.717, 1.165) is 5.56 Å². The average Bonchev–Trinajstić information content (AvgIpc) is 3.00. The molecule has 3 nitrogen and oxygen atoms in total. The quantitative estimate of drug-likeness (QED) is 0.580. The van der Waals surface area contributed by atoms with Gasteiger partial charge in [0, 0.05) is 22.6 Å². The summed E-state index contributed by atoms with van der Waals surface area (Å²) in [5.41, 5.74) is 2.89. The van der Waals surface area contributed by atoms with Crippen molar-refractivity contribution in [2.45, 2.75) is 37.8 Å². The van der Waals surface area contributed by atoms with Crippen LogP contribution in [0.5, 0.6) is 0 Å². The molecule has 1 amide bonds. The number of rotatable bonds is 3. The number of nitrogens with zero attached hydrogens (tertiary/aromatic N) is 1. The van der Waals surface area contributed by atoms with E-state index in [1.54, 1.807) is 12.1 Å². The number of carbonyl (C=O) groups excluding carboxylic acids is 1. The van der Waals surface area contributed by atoms with Crippen LogP contribution in [0, 0.1) is 0 Å². The molecule has 0 aromatic heterocycles. The van der Waals surface area contributed by atoms with E-state index in [2.05, 4.69) is 0 Å². The molecular weight excluding hydrogens is 384 g/mol. The van der Waals surface area contributed by atoms with Gasteiger partial charge in [-0.05, 0) is 30.2 Å². The molecule has 2 aromatic rings. The van der Waals surface area contributed by atoms with E-state index in [1.165, 1.54) is 36.4 Å². The van der Waals surface area contributed by atoms with Gasteiger partial charge in [0.2, 0.25) is 5.79 Å². The molecule has 27 heavy (non-hydrogen) atoms.